The van der Waals surface area contributed by atoms with Crippen LogP contribution >= 0.6 is 0 Å². The first-order chi connectivity index (χ1) is 6.24. The normalized spacial score (nSPS) is 13.2. The number of aromatic nitrogens is 2. The van der Waals surface area contributed by atoms with E-state index in [0.717, 1.165) is 18.9 Å². The second kappa shape index (κ2) is 5.02. The van der Waals surface area contributed by atoms with Crippen LogP contribution in [0.5, 0.6) is 0 Å². The summed E-state index contributed by atoms with van der Waals surface area (Å²) in [6.07, 6.45) is 5.06. The maximum atomic E-state index is 4.19. The van der Waals surface area contributed by atoms with Crippen molar-refractivity contribution in [3.63, 3.8) is 0 Å². The van der Waals surface area contributed by atoms with E-state index in [1.165, 1.54) is 6.42 Å². The SMILES string of the molecule is CCCNC(C)Cn1ccnc1C. The van der Waals surface area contributed by atoms with Crippen molar-refractivity contribution in [2.24, 2.45) is 0 Å². The van der Waals surface area contributed by atoms with Crippen molar-refractivity contribution in [2.75, 3.05) is 6.54 Å². The van der Waals surface area contributed by atoms with Gasteiger partial charge in [0.2, 0.25) is 0 Å². The van der Waals surface area contributed by atoms with Gasteiger partial charge in [-0.3, -0.25) is 0 Å². The number of imidazole rings is 1. The molecule has 0 aliphatic heterocycles. The Kier molecular flexibility index (Phi) is 3.96. The molecule has 1 heterocycles. The summed E-state index contributed by atoms with van der Waals surface area (Å²) in [5.74, 6) is 1.09. The molecule has 0 aliphatic rings. The van der Waals surface area contributed by atoms with Gasteiger partial charge in [0.05, 0.1) is 0 Å². The zero-order valence-electron chi connectivity index (χ0n) is 8.75. The van der Waals surface area contributed by atoms with Crippen LogP contribution < -0.4 is 5.32 Å². The molecule has 0 bridgehead atoms. The highest BCUT2D eigenvalue weighted by Gasteiger charge is 2.02. The quantitative estimate of drug-likeness (QED) is 0.747. The summed E-state index contributed by atoms with van der Waals surface area (Å²) in [5, 5.41) is 3.45. The smallest absolute Gasteiger partial charge is 0.105 e. The maximum absolute atomic E-state index is 4.19. The highest BCUT2D eigenvalue weighted by atomic mass is 15.1. The molecule has 3 heteroatoms. The Morgan fingerprint density at radius 3 is 2.92 bits per heavy atom. The van der Waals surface area contributed by atoms with Gasteiger partial charge in [0.15, 0.2) is 0 Å². The first-order valence-corrected chi connectivity index (χ1v) is 4.95. The van der Waals surface area contributed by atoms with Gasteiger partial charge in [-0.2, -0.15) is 0 Å². The summed E-state index contributed by atoms with van der Waals surface area (Å²) in [4.78, 5) is 4.19. The minimum Gasteiger partial charge on any atom is -0.334 e. The molecule has 0 saturated heterocycles. The predicted octanol–water partition coefficient (Wildman–Crippen LogP) is 1.58. The lowest BCUT2D eigenvalue weighted by Gasteiger charge is -2.14. The van der Waals surface area contributed by atoms with E-state index in [9.17, 15) is 0 Å². The third kappa shape index (κ3) is 3.19. The van der Waals surface area contributed by atoms with Gasteiger partial charge in [0, 0.05) is 25.0 Å². The molecule has 0 spiro atoms. The molecule has 13 heavy (non-hydrogen) atoms. The van der Waals surface area contributed by atoms with E-state index in [1.807, 2.05) is 19.3 Å². The Labute approximate surface area is 80.2 Å². The van der Waals surface area contributed by atoms with E-state index < -0.39 is 0 Å². The topological polar surface area (TPSA) is 29.9 Å². The summed E-state index contributed by atoms with van der Waals surface area (Å²) >= 11 is 0. The van der Waals surface area contributed by atoms with Gasteiger partial charge in [-0.15, -0.1) is 0 Å². The number of rotatable bonds is 5. The largest absolute Gasteiger partial charge is 0.334 e. The van der Waals surface area contributed by atoms with Gasteiger partial charge >= 0.3 is 0 Å². The monoisotopic (exact) mass is 181 g/mol. The molecule has 3 nitrogen and oxygen atoms in total. The van der Waals surface area contributed by atoms with Crippen molar-refractivity contribution < 1.29 is 0 Å². The summed E-state index contributed by atoms with van der Waals surface area (Å²) in [5.41, 5.74) is 0. The van der Waals surface area contributed by atoms with Gasteiger partial charge in [0.25, 0.3) is 0 Å². The molecule has 1 rings (SSSR count). The van der Waals surface area contributed by atoms with E-state index in [4.69, 9.17) is 0 Å². The third-order valence-corrected chi connectivity index (χ3v) is 2.14. The summed E-state index contributed by atoms with van der Waals surface area (Å²) in [6, 6.07) is 0.521. The molecule has 1 aromatic rings. The highest BCUT2D eigenvalue weighted by molar-refractivity contribution is 4.89. The molecule has 1 atom stereocenters. The van der Waals surface area contributed by atoms with E-state index in [-0.39, 0.29) is 0 Å². The highest BCUT2D eigenvalue weighted by Crippen LogP contribution is 1.97. The number of hydrogen-bond acceptors (Lipinski definition) is 2. The zero-order valence-corrected chi connectivity index (χ0v) is 8.75. The Balaban J connectivity index is 2.36. The maximum Gasteiger partial charge on any atom is 0.105 e. The van der Waals surface area contributed by atoms with Crippen LogP contribution in [0.15, 0.2) is 12.4 Å². The van der Waals surface area contributed by atoms with Crippen molar-refractivity contribution in [1.82, 2.24) is 14.9 Å². The Hall–Kier alpha value is -0.830. The standard InChI is InChI=1S/C10H19N3/c1-4-5-11-9(2)8-13-7-6-12-10(13)3/h6-7,9,11H,4-5,8H2,1-3H3. The van der Waals surface area contributed by atoms with Crippen LogP contribution in [0.25, 0.3) is 0 Å². The fourth-order valence-electron chi connectivity index (χ4n) is 1.35. The Morgan fingerprint density at radius 2 is 2.38 bits per heavy atom. The molecular formula is C10H19N3. The zero-order chi connectivity index (χ0) is 9.68. The van der Waals surface area contributed by atoms with Gasteiger partial charge in [0.1, 0.15) is 5.82 Å². The van der Waals surface area contributed by atoms with Gasteiger partial charge < -0.3 is 9.88 Å². The predicted molar refractivity (Wildman–Crippen MR) is 54.7 cm³/mol. The van der Waals surface area contributed by atoms with Crippen molar-refractivity contribution in [3.8, 4) is 0 Å². The first kappa shape index (κ1) is 10.3. The van der Waals surface area contributed by atoms with Crippen LogP contribution in [0.2, 0.25) is 0 Å². The molecule has 0 amide bonds. The molecule has 0 saturated carbocycles. The molecular weight excluding hydrogens is 162 g/mol. The molecule has 0 fully saturated rings. The van der Waals surface area contributed by atoms with Crippen LogP contribution in [0.4, 0.5) is 0 Å². The lowest BCUT2D eigenvalue weighted by Crippen LogP contribution is -2.31. The lowest BCUT2D eigenvalue weighted by atomic mass is 10.3. The summed E-state index contributed by atoms with van der Waals surface area (Å²) in [7, 11) is 0. The Bertz CT molecular complexity index is 242. The second-order valence-electron chi connectivity index (χ2n) is 3.48. The van der Waals surface area contributed by atoms with Crippen molar-refractivity contribution in [1.29, 1.82) is 0 Å². The summed E-state index contributed by atoms with van der Waals surface area (Å²) in [6.45, 7) is 8.52. The average Bonchev–Trinajstić information content (AvgIpc) is 2.48. The minimum absolute atomic E-state index is 0.521. The van der Waals surface area contributed by atoms with Crippen LogP contribution in [-0.4, -0.2) is 22.1 Å². The number of nitrogens with zero attached hydrogens (tertiary/aromatic N) is 2. The molecule has 0 aliphatic carbocycles. The minimum atomic E-state index is 0.521. The van der Waals surface area contributed by atoms with E-state index >= 15 is 0 Å². The molecule has 0 radical (unpaired) electrons. The second-order valence-corrected chi connectivity index (χ2v) is 3.48. The van der Waals surface area contributed by atoms with Crippen LogP contribution in [0, 0.1) is 6.92 Å². The third-order valence-electron chi connectivity index (χ3n) is 2.14. The van der Waals surface area contributed by atoms with Gasteiger partial charge in [-0.05, 0) is 26.8 Å². The van der Waals surface area contributed by atoms with Crippen LogP contribution in [0.3, 0.4) is 0 Å². The van der Waals surface area contributed by atoms with Crippen molar-refractivity contribution >= 4 is 0 Å². The molecule has 1 unspecified atom stereocenters. The van der Waals surface area contributed by atoms with Crippen LogP contribution in [-0.2, 0) is 6.54 Å². The molecule has 0 aromatic carbocycles. The fraction of sp³-hybridized carbons (Fsp3) is 0.700. The fourth-order valence-corrected chi connectivity index (χ4v) is 1.35. The van der Waals surface area contributed by atoms with E-state index in [0.29, 0.717) is 6.04 Å². The lowest BCUT2D eigenvalue weighted by molar-refractivity contribution is 0.472. The van der Waals surface area contributed by atoms with Crippen molar-refractivity contribution in [2.45, 2.75) is 39.8 Å². The van der Waals surface area contributed by atoms with Gasteiger partial charge in [-0.1, -0.05) is 6.92 Å². The van der Waals surface area contributed by atoms with Gasteiger partial charge in [-0.25, -0.2) is 4.98 Å². The van der Waals surface area contributed by atoms with E-state index in [2.05, 4.69) is 28.7 Å². The average molecular weight is 181 g/mol. The molecule has 74 valence electrons. The Morgan fingerprint density at radius 1 is 1.62 bits per heavy atom. The number of hydrogen-bond donors (Lipinski definition) is 1. The molecule has 1 N–H and O–H groups in total. The first-order valence-electron chi connectivity index (χ1n) is 4.95. The van der Waals surface area contributed by atoms with Crippen molar-refractivity contribution in [3.05, 3.63) is 18.2 Å². The van der Waals surface area contributed by atoms with E-state index in [1.54, 1.807) is 0 Å². The van der Waals surface area contributed by atoms with Crippen LogP contribution in [0.1, 0.15) is 26.1 Å². The number of aryl methyl sites for hydroxylation is 1. The number of nitrogens with one attached hydrogen (secondary N) is 1. The molecule has 1 aromatic heterocycles. The summed E-state index contributed by atoms with van der Waals surface area (Å²) < 4.78 is 2.17.